The molecule has 0 saturated heterocycles. The molecule has 0 saturated carbocycles. The second-order valence-electron chi connectivity index (χ2n) is 1.86. The van der Waals surface area contributed by atoms with E-state index in [2.05, 4.69) is 33.1 Å². The standard InChI is InChI=1S/C8H6.5W/c1-7-5-3-4-6-8(7)2;;;;;/h1-6H;;;;;. The van der Waals surface area contributed by atoms with E-state index in [0.29, 0.717) is 0 Å². The summed E-state index contributed by atoms with van der Waals surface area (Å²) in [4.78, 5) is 0. The van der Waals surface area contributed by atoms with Crippen molar-refractivity contribution in [3.8, 4) is 0 Å². The molecular formula is C8H6W5. The van der Waals surface area contributed by atoms with Crippen LogP contribution in [0.4, 0.5) is 0 Å². The molecule has 1 aromatic carbocycles. The molecule has 1 rings (SSSR count). The van der Waals surface area contributed by atoms with E-state index in [1.165, 1.54) is 49.8 Å². The van der Waals surface area contributed by atoms with Gasteiger partial charge in [-0.2, -0.15) is 0 Å². The van der Waals surface area contributed by atoms with Gasteiger partial charge in [-0.05, 0) is 0 Å². The molecule has 0 heterocycles. The van der Waals surface area contributed by atoms with Crippen LogP contribution in [0.2, 0.25) is 0 Å². The normalized spacial score (nSPS) is 6.77. The molecule has 0 radical (unpaired) electrons. The molecule has 0 bridgehead atoms. The van der Waals surface area contributed by atoms with Gasteiger partial charge in [0, 0.05) is 63.2 Å². The predicted octanol–water partition coefficient (Wildman–Crippen LogP) is 1.07. The van der Waals surface area contributed by atoms with Gasteiger partial charge in [0.15, 0.2) is 0 Å². The summed E-state index contributed by atoms with van der Waals surface area (Å²) in [5.74, 6) is 0. The second kappa shape index (κ2) is 12.5. The van der Waals surface area contributed by atoms with Gasteiger partial charge in [0.25, 0.3) is 0 Å². The Hall–Kier alpha value is 2.40. The summed E-state index contributed by atoms with van der Waals surface area (Å²) < 4.78 is 4.43. The third-order valence-electron chi connectivity index (χ3n) is 1.25. The minimum atomic E-state index is 0. The van der Waals surface area contributed by atoms with E-state index in [0.717, 1.165) is 0 Å². The maximum absolute atomic E-state index is 2.22. The molecule has 13 heavy (non-hydrogen) atoms. The Kier molecular flexibility index (Phi) is 19.9. The molecule has 0 aliphatic carbocycles. The summed E-state index contributed by atoms with van der Waals surface area (Å²) >= 11 is 3.03. The summed E-state index contributed by atoms with van der Waals surface area (Å²) in [5, 5.41) is 0. The van der Waals surface area contributed by atoms with E-state index < -0.39 is 0 Å². The van der Waals surface area contributed by atoms with Gasteiger partial charge >= 0.3 is 82.9 Å². The molecule has 68 valence electrons. The van der Waals surface area contributed by atoms with Crippen LogP contribution in [-0.2, 0) is 102 Å². The minimum absolute atomic E-state index is 0. The van der Waals surface area contributed by atoms with Crippen molar-refractivity contribution in [3.63, 3.8) is 0 Å². The molecule has 5 heteroatoms. The van der Waals surface area contributed by atoms with E-state index in [1.54, 1.807) is 0 Å². The van der Waals surface area contributed by atoms with Crippen LogP contribution < -0.4 is 0 Å². The summed E-state index contributed by atoms with van der Waals surface area (Å²) in [6.07, 6.45) is 0. The van der Waals surface area contributed by atoms with Crippen LogP contribution in [0.5, 0.6) is 0 Å². The van der Waals surface area contributed by atoms with E-state index in [-0.39, 0.29) is 63.2 Å². The molecule has 0 N–H and O–H groups in total. The summed E-state index contributed by atoms with van der Waals surface area (Å²) in [7, 11) is 0. The van der Waals surface area contributed by atoms with Gasteiger partial charge in [-0.25, -0.2) is 0 Å². The quantitative estimate of drug-likeness (QED) is 0.417. The van der Waals surface area contributed by atoms with Crippen molar-refractivity contribution in [2.75, 3.05) is 0 Å². The van der Waals surface area contributed by atoms with E-state index >= 15 is 0 Å². The van der Waals surface area contributed by atoms with Crippen molar-refractivity contribution in [1.29, 1.82) is 0 Å². The zero-order chi connectivity index (χ0) is 7.40. The van der Waals surface area contributed by atoms with Gasteiger partial charge in [-0.3, -0.25) is 0 Å². The molecule has 1 aromatic rings. The fourth-order valence-electron chi connectivity index (χ4n) is 0.726. The molecule has 0 aliphatic rings. The van der Waals surface area contributed by atoms with E-state index in [1.807, 2.05) is 0 Å². The van der Waals surface area contributed by atoms with Crippen LogP contribution in [-0.4, -0.2) is 8.80 Å². The second-order valence-corrected chi connectivity index (χ2v) is 3.56. The first-order valence-electron chi connectivity index (χ1n) is 2.88. The van der Waals surface area contributed by atoms with Crippen LogP contribution in [0.25, 0.3) is 0 Å². The zero-order valence-corrected chi connectivity index (χ0v) is 21.2. The fraction of sp³-hybridized carbons (Fsp3) is 0. The fourth-order valence-corrected chi connectivity index (χ4v) is 2.27. The van der Waals surface area contributed by atoms with Crippen molar-refractivity contribution >= 4 is 8.80 Å². The predicted molar refractivity (Wildman–Crippen MR) is 36.8 cm³/mol. The molecule has 0 atom stereocenters. The Bertz CT molecular complexity index is 231. The van der Waals surface area contributed by atoms with E-state index in [9.17, 15) is 0 Å². The zero-order valence-electron chi connectivity index (χ0n) is 6.51. The van der Waals surface area contributed by atoms with Gasteiger partial charge in [0.05, 0.1) is 0 Å². The number of rotatable bonds is 2. The van der Waals surface area contributed by atoms with Crippen LogP contribution in [0.15, 0.2) is 24.3 Å². The van der Waals surface area contributed by atoms with Gasteiger partial charge < -0.3 is 0 Å². The molecule has 0 spiro atoms. The third-order valence-corrected chi connectivity index (χ3v) is 3.07. The Balaban J connectivity index is -0.000000333. The molecule has 0 amide bonds. The average molecular weight is 1020 g/mol. The van der Waals surface area contributed by atoms with Gasteiger partial charge in [0.1, 0.15) is 0 Å². The first-order chi connectivity index (χ1) is 4.88. The SMILES string of the molecule is [W].[W].[W].[W]=[CH]c1ccccc1[CH]=[W]. The third kappa shape index (κ3) is 7.31. The van der Waals surface area contributed by atoms with E-state index in [4.69, 9.17) is 0 Å². The monoisotopic (exact) mass is 1020 g/mol. The first kappa shape index (κ1) is 20.8. The van der Waals surface area contributed by atoms with Crippen LogP contribution >= 0.6 is 0 Å². The van der Waals surface area contributed by atoms with Gasteiger partial charge in [-0.1, -0.05) is 0 Å². The topological polar surface area (TPSA) is 0 Å². The number of hydrogen-bond acceptors (Lipinski definition) is 0. The van der Waals surface area contributed by atoms with Crippen molar-refractivity contribution in [2.24, 2.45) is 0 Å². The molecular weight excluding hydrogens is 1020 g/mol. The molecule has 0 aromatic heterocycles. The molecule has 0 fully saturated rings. The summed E-state index contributed by atoms with van der Waals surface area (Å²) in [5.41, 5.74) is 2.74. The molecule has 0 aliphatic heterocycles. The Morgan fingerprint density at radius 2 is 1.08 bits per heavy atom. The van der Waals surface area contributed by atoms with Crippen molar-refractivity contribution in [1.82, 2.24) is 0 Å². The van der Waals surface area contributed by atoms with Crippen LogP contribution in [0.1, 0.15) is 11.1 Å². The number of hydrogen-bond donors (Lipinski definition) is 0. The molecule has 0 unspecified atom stereocenters. The Morgan fingerprint density at radius 1 is 0.769 bits per heavy atom. The van der Waals surface area contributed by atoms with Crippen molar-refractivity contribution < 1.29 is 102 Å². The summed E-state index contributed by atoms with van der Waals surface area (Å²) in [6.45, 7) is 0. The van der Waals surface area contributed by atoms with Crippen molar-refractivity contribution in [3.05, 3.63) is 35.4 Å². The summed E-state index contributed by atoms with van der Waals surface area (Å²) in [6, 6.07) is 8.47. The first-order valence-corrected chi connectivity index (χ1v) is 6.26. The Morgan fingerprint density at radius 3 is 1.31 bits per heavy atom. The Labute approximate surface area is 144 Å². The maximum atomic E-state index is 2.22. The van der Waals surface area contributed by atoms with Gasteiger partial charge in [-0.15, -0.1) is 0 Å². The van der Waals surface area contributed by atoms with Gasteiger partial charge in [0.2, 0.25) is 0 Å². The van der Waals surface area contributed by atoms with Crippen LogP contribution in [0, 0.1) is 0 Å². The van der Waals surface area contributed by atoms with Crippen molar-refractivity contribution in [2.45, 2.75) is 0 Å². The molecule has 0 nitrogen and oxygen atoms in total. The van der Waals surface area contributed by atoms with Crippen LogP contribution in [0.3, 0.4) is 0 Å². The number of benzene rings is 1. The average Bonchev–Trinajstić information content (AvgIpc) is 2.04.